The summed E-state index contributed by atoms with van der Waals surface area (Å²) in [5.41, 5.74) is 1.03. The number of aliphatic carboxylic acids is 1. The number of carboxylic acids is 1. The van der Waals surface area contributed by atoms with Crippen molar-refractivity contribution in [2.24, 2.45) is 5.92 Å². The van der Waals surface area contributed by atoms with E-state index in [4.69, 9.17) is 0 Å². The Kier molecular flexibility index (Phi) is 6.17. The number of nitrogens with zero attached hydrogens (tertiary/aromatic N) is 2. The zero-order valence-electron chi connectivity index (χ0n) is 15.1. The predicted octanol–water partition coefficient (Wildman–Crippen LogP) is 2.49. The first-order valence-corrected chi connectivity index (χ1v) is 8.82. The molecule has 1 aromatic rings. The van der Waals surface area contributed by atoms with Gasteiger partial charge in [0.05, 0.1) is 5.92 Å². The molecule has 0 aliphatic carbocycles. The molecular formula is C19H26N2O4. The van der Waals surface area contributed by atoms with Crippen molar-refractivity contribution < 1.29 is 19.5 Å². The molecule has 1 saturated heterocycles. The molecule has 6 nitrogen and oxygen atoms in total. The zero-order valence-corrected chi connectivity index (χ0v) is 15.1. The van der Waals surface area contributed by atoms with E-state index < -0.39 is 11.9 Å². The van der Waals surface area contributed by atoms with Crippen molar-refractivity contribution in [2.75, 3.05) is 19.6 Å². The fourth-order valence-corrected chi connectivity index (χ4v) is 3.21. The lowest BCUT2D eigenvalue weighted by Crippen LogP contribution is -2.47. The second-order valence-corrected chi connectivity index (χ2v) is 6.47. The number of benzene rings is 1. The van der Waals surface area contributed by atoms with Gasteiger partial charge < -0.3 is 14.9 Å². The van der Waals surface area contributed by atoms with Crippen molar-refractivity contribution in [1.82, 2.24) is 9.80 Å². The van der Waals surface area contributed by atoms with Crippen LogP contribution in [0.3, 0.4) is 0 Å². The fraction of sp³-hybridized carbons (Fsp3) is 0.526. The number of carbonyl (C=O) groups excluding carboxylic acids is 2. The smallest absolute Gasteiger partial charge is 0.308 e. The molecule has 1 aliphatic rings. The second-order valence-electron chi connectivity index (χ2n) is 6.47. The van der Waals surface area contributed by atoms with E-state index in [-0.39, 0.29) is 24.4 Å². The van der Waals surface area contributed by atoms with E-state index in [1.807, 2.05) is 20.8 Å². The number of carboxylic acid groups (broad SMARTS) is 1. The molecule has 2 rings (SSSR count). The number of hydrogen-bond acceptors (Lipinski definition) is 3. The maximum atomic E-state index is 12.7. The molecule has 0 aromatic heterocycles. The molecule has 1 aliphatic heterocycles. The number of rotatable bonds is 5. The molecule has 1 aromatic carbocycles. The molecule has 0 saturated carbocycles. The summed E-state index contributed by atoms with van der Waals surface area (Å²) in [5.74, 6) is -1.60. The summed E-state index contributed by atoms with van der Waals surface area (Å²) in [5, 5.41) is 9.21. The maximum absolute atomic E-state index is 12.7. The Labute approximate surface area is 148 Å². The molecule has 1 N–H and O–H groups in total. The highest BCUT2D eigenvalue weighted by atomic mass is 16.4. The largest absolute Gasteiger partial charge is 0.481 e. The Bertz CT molecular complexity index is 637. The Morgan fingerprint density at radius 3 is 2.16 bits per heavy atom. The SMILES string of the molecule is CCN(CC)C(=O)c1ccc(C(=O)N2CC(C(=O)O)CCC2C)cc1. The quantitative estimate of drug-likeness (QED) is 0.888. The van der Waals surface area contributed by atoms with Gasteiger partial charge in [-0.25, -0.2) is 0 Å². The van der Waals surface area contributed by atoms with E-state index in [2.05, 4.69) is 0 Å². The average molecular weight is 346 g/mol. The predicted molar refractivity (Wildman–Crippen MR) is 94.6 cm³/mol. The minimum Gasteiger partial charge on any atom is -0.481 e. The van der Waals surface area contributed by atoms with Crippen LogP contribution in [0.2, 0.25) is 0 Å². The van der Waals surface area contributed by atoms with Crippen LogP contribution >= 0.6 is 0 Å². The molecular weight excluding hydrogens is 320 g/mol. The lowest BCUT2D eigenvalue weighted by Gasteiger charge is -2.36. The van der Waals surface area contributed by atoms with Gasteiger partial charge in [0.15, 0.2) is 0 Å². The molecule has 2 amide bonds. The third-order valence-corrected chi connectivity index (χ3v) is 4.92. The van der Waals surface area contributed by atoms with Gasteiger partial charge in [-0.1, -0.05) is 0 Å². The van der Waals surface area contributed by atoms with E-state index in [0.29, 0.717) is 37.1 Å². The standard InChI is InChI=1S/C19H26N2O4/c1-4-20(5-2)17(22)14-8-10-15(11-9-14)18(23)21-12-16(19(24)25)7-6-13(21)3/h8-11,13,16H,4-7,12H2,1-3H3,(H,24,25). The summed E-state index contributed by atoms with van der Waals surface area (Å²) in [6, 6.07) is 6.64. The van der Waals surface area contributed by atoms with E-state index in [9.17, 15) is 19.5 Å². The summed E-state index contributed by atoms with van der Waals surface area (Å²) in [6.07, 6.45) is 1.28. The van der Waals surface area contributed by atoms with Crippen LogP contribution in [0.5, 0.6) is 0 Å². The molecule has 0 radical (unpaired) electrons. The first kappa shape index (κ1) is 19.0. The summed E-state index contributed by atoms with van der Waals surface area (Å²) >= 11 is 0. The number of piperidine rings is 1. The summed E-state index contributed by atoms with van der Waals surface area (Å²) in [4.78, 5) is 39.6. The highest BCUT2D eigenvalue weighted by Gasteiger charge is 2.33. The first-order chi connectivity index (χ1) is 11.9. The molecule has 2 atom stereocenters. The summed E-state index contributed by atoms with van der Waals surface area (Å²) < 4.78 is 0. The van der Waals surface area contributed by atoms with Crippen LogP contribution in [-0.4, -0.2) is 58.4 Å². The van der Waals surface area contributed by atoms with Gasteiger partial charge >= 0.3 is 5.97 Å². The fourth-order valence-electron chi connectivity index (χ4n) is 3.21. The van der Waals surface area contributed by atoms with Crippen molar-refractivity contribution in [1.29, 1.82) is 0 Å². The van der Waals surface area contributed by atoms with Gasteiger partial charge in [-0.2, -0.15) is 0 Å². The van der Waals surface area contributed by atoms with Crippen LogP contribution in [0.1, 0.15) is 54.3 Å². The summed E-state index contributed by atoms with van der Waals surface area (Å²) in [6.45, 7) is 7.30. The lowest BCUT2D eigenvalue weighted by atomic mass is 9.93. The van der Waals surface area contributed by atoms with Crippen molar-refractivity contribution >= 4 is 17.8 Å². The zero-order chi connectivity index (χ0) is 18.6. The van der Waals surface area contributed by atoms with Crippen LogP contribution in [0, 0.1) is 5.92 Å². The van der Waals surface area contributed by atoms with E-state index in [0.717, 1.165) is 0 Å². The van der Waals surface area contributed by atoms with E-state index in [1.54, 1.807) is 34.1 Å². The highest BCUT2D eigenvalue weighted by Crippen LogP contribution is 2.24. The van der Waals surface area contributed by atoms with Crippen LogP contribution in [0.15, 0.2) is 24.3 Å². The average Bonchev–Trinajstić information content (AvgIpc) is 2.62. The maximum Gasteiger partial charge on any atom is 0.308 e. The normalized spacial score (nSPS) is 20.2. The molecule has 1 fully saturated rings. The van der Waals surface area contributed by atoms with Crippen LogP contribution < -0.4 is 0 Å². The van der Waals surface area contributed by atoms with Crippen molar-refractivity contribution in [2.45, 2.75) is 39.7 Å². The van der Waals surface area contributed by atoms with E-state index >= 15 is 0 Å². The second kappa shape index (κ2) is 8.14. The van der Waals surface area contributed by atoms with Crippen LogP contribution in [0.25, 0.3) is 0 Å². The molecule has 0 bridgehead atoms. The third-order valence-electron chi connectivity index (χ3n) is 4.92. The van der Waals surface area contributed by atoms with Gasteiger partial charge in [-0.3, -0.25) is 14.4 Å². The molecule has 136 valence electrons. The van der Waals surface area contributed by atoms with Gasteiger partial charge in [0.2, 0.25) is 0 Å². The molecule has 0 spiro atoms. The number of amides is 2. The van der Waals surface area contributed by atoms with Crippen molar-refractivity contribution in [3.63, 3.8) is 0 Å². The number of carbonyl (C=O) groups is 3. The Hall–Kier alpha value is -2.37. The number of likely N-dealkylation sites (tertiary alicyclic amines) is 1. The van der Waals surface area contributed by atoms with Crippen molar-refractivity contribution in [3.05, 3.63) is 35.4 Å². The van der Waals surface area contributed by atoms with Gasteiger partial charge in [0.1, 0.15) is 0 Å². The molecule has 2 unspecified atom stereocenters. The van der Waals surface area contributed by atoms with Gasteiger partial charge in [0.25, 0.3) is 11.8 Å². The van der Waals surface area contributed by atoms with Gasteiger partial charge in [-0.05, 0) is 57.9 Å². The minimum absolute atomic E-state index is 0.0140. The lowest BCUT2D eigenvalue weighted by molar-refractivity contribution is -0.143. The Balaban J connectivity index is 2.14. The van der Waals surface area contributed by atoms with Crippen molar-refractivity contribution in [3.8, 4) is 0 Å². The topological polar surface area (TPSA) is 77.9 Å². The molecule has 6 heteroatoms. The number of hydrogen-bond donors (Lipinski definition) is 1. The summed E-state index contributed by atoms with van der Waals surface area (Å²) in [7, 11) is 0. The Morgan fingerprint density at radius 1 is 1.08 bits per heavy atom. The Morgan fingerprint density at radius 2 is 1.64 bits per heavy atom. The molecule has 1 heterocycles. The van der Waals surface area contributed by atoms with Crippen LogP contribution in [-0.2, 0) is 4.79 Å². The highest BCUT2D eigenvalue weighted by molar-refractivity contribution is 5.98. The minimum atomic E-state index is -0.857. The van der Waals surface area contributed by atoms with Crippen LogP contribution in [0.4, 0.5) is 0 Å². The molecule has 25 heavy (non-hydrogen) atoms. The van der Waals surface area contributed by atoms with Gasteiger partial charge in [0, 0.05) is 36.8 Å². The first-order valence-electron chi connectivity index (χ1n) is 8.82. The van der Waals surface area contributed by atoms with E-state index in [1.165, 1.54) is 0 Å². The van der Waals surface area contributed by atoms with Gasteiger partial charge in [-0.15, -0.1) is 0 Å². The third kappa shape index (κ3) is 4.18. The monoisotopic (exact) mass is 346 g/mol.